The summed E-state index contributed by atoms with van der Waals surface area (Å²) in [6, 6.07) is 7.53. The van der Waals surface area contributed by atoms with E-state index in [-0.39, 0.29) is 11.3 Å². The second-order valence-corrected chi connectivity index (χ2v) is 7.52. The van der Waals surface area contributed by atoms with Gasteiger partial charge in [-0.25, -0.2) is 4.57 Å². The molecule has 1 aliphatic rings. The number of aromatic nitrogens is 2. The molecular formula is C24H26N3O6+. The predicted octanol–water partition coefficient (Wildman–Crippen LogP) is 2.97. The maximum atomic E-state index is 13.2. The Morgan fingerprint density at radius 1 is 1.30 bits per heavy atom. The molecule has 2 aromatic heterocycles. The Bertz CT molecular complexity index is 1150. The normalized spacial score (nSPS) is 15.9. The summed E-state index contributed by atoms with van der Waals surface area (Å²) in [5.74, 6) is -0.620. The van der Waals surface area contributed by atoms with Gasteiger partial charge in [0.05, 0.1) is 38.1 Å². The number of carbonyl (C=O) groups is 2. The number of aliphatic hydroxyl groups excluding tert-OH is 1. The fourth-order valence-electron chi connectivity index (χ4n) is 4.02. The van der Waals surface area contributed by atoms with Crippen molar-refractivity contribution in [3.63, 3.8) is 0 Å². The highest BCUT2D eigenvalue weighted by atomic mass is 16.5. The third-order valence-corrected chi connectivity index (χ3v) is 5.51. The van der Waals surface area contributed by atoms with Crippen LogP contribution >= 0.6 is 0 Å². The molecule has 0 radical (unpaired) electrons. The van der Waals surface area contributed by atoms with Crippen molar-refractivity contribution in [2.24, 2.45) is 0 Å². The maximum Gasteiger partial charge on any atom is 0.290 e. The molecule has 1 amide bonds. The smallest absolute Gasteiger partial charge is 0.290 e. The van der Waals surface area contributed by atoms with Crippen molar-refractivity contribution in [1.29, 1.82) is 0 Å². The number of nitrogens with one attached hydrogen (secondary N) is 1. The Morgan fingerprint density at radius 3 is 2.82 bits per heavy atom. The average molecular weight is 452 g/mol. The van der Waals surface area contributed by atoms with Crippen molar-refractivity contribution >= 4 is 11.7 Å². The number of imidazole rings is 1. The van der Waals surface area contributed by atoms with Gasteiger partial charge in [-0.05, 0) is 36.8 Å². The highest BCUT2D eigenvalue weighted by Gasteiger charge is 2.44. The van der Waals surface area contributed by atoms with Crippen LogP contribution in [0, 0.1) is 0 Å². The van der Waals surface area contributed by atoms with Crippen molar-refractivity contribution in [2.75, 3.05) is 20.3 Å². The van der Waals surface area contributed by atoms with Gasteiger partial charge in [0.25, 0.3) is 5.91 Å². The van der Waals surface area contributed by atoms with Gasteiger partial charge < -0.3 is 23.9 Å². The Balaban J connectivity index is 1.70. The minimum Gasteiger partial charge on any atom is -0.503 e. The summed E-state index contributed by atoms with van der Waals surface area (Å²) in [6.45, 7) is 3.32. The fraction of sp³-hybridized carbons (Fsp3) is 0.292. The molecule has 0 saturated carbocycles. The van der Waals surface area contributed by atoms with Crippen LogP contribution in [0.2, 0.25) is 0 Å². The molecule has 3 heterocycles. The maximum absolute atomic E-state index is 13.2. The van der Waals surface area contributed by atoms with Crippen LogP contribution in [0.5, 0.6) is 11.5 Å². The largest absolute Gasteiger partial charge is 0.503 e. The predicted molar refractivity (Wildman–Crippen MR) is 117 cm³/mol. The van der Waals surface area contributed by atoms with E-state index in [1.54, 1.807) is 24.3 Å². The van der Waals surface area contributed by atoms with E-state index in [2.05, 4.69) is 4.98 Å². The van der Waals surface area contributed by atoms with E-state index in [1.807, 2.05) is 30.2 Å². The number of amides is 1. The Labute approximate surface area is 190 Å². The first-order valence-electron chi connectivity index (χ1n) is 10.7. The molecular weight excluding hydrogens is 426 g/mol. The van der Waals surface area contributed by atoms with Crippen molar-refractivity contribution < 1.29 is 33.2 Å². The van der Waals surface area contributed by atoms with Gasteiger partial charge >= 0.3 is 0 Å². The first-order chi connectivity index (χ1) is 16.0. The van der Waals surface area contributed by atoms with Crippen molar-refractivity contribution in [3.8, 4) is 11.5 Å². The molecule has 0 aliphatic carbocycles. The first kappa shape index (κ1) is 22.2. The molecule has 1 atom stereocenters. The zero-order valence-electron chi connectivity index (χ0n) is 18.5. The van der Waals surface area contributed by atoms with Crippen molar-refractivity contribution in [2.45, 2.75) is 25.9 Å². The van der Waals surface area contributed by atoms with Gasteiger partial charge in [-0.1, -0.05) is 6.07 Å². The third-order valence-electron chi connectivity index (χ3n) is 5.51. The SMILES string of the molecule is CCOc1ccc(C2C(C(=O)c3ccco3)=C(O)C(=O)N2CCC[n+]2cc[nH]c2)cc1OC. The van der Waals surface area contributed by atoms with E-state index in [0.29, 0.717) is 43.2 Å². The van der Waals surface area contributed by atoms with Gasteiger partial charge in [-0.3, -0.25) is 14.6 Å². The van der Waals surface area contributed by atoms with Gasteiger partial charge in [0.15, 0.2) is 23.0 Å². The fourth-order valence-corrected chi connectivity index (χ4v) is 4.02. The lowest BCUT2D eigenvalue weighted by molar-refractivity contribution is -0.695. The van der Waals surface area contributed by atoms with Crippen LogP contribution in [0.25, 0.3) is 0 Å². The number of furan rings is 1. The van der Waals surface area contributed by atoms with E-state index < -0.39 is 23.5 Å². The molecule has 0 spiro atoms. The van der Waals surface area contributed by atoms with Crippen LogP contribution in [0.4, 0.5) is 0 Å². The number of Topliss-reactive ketones (excluding diaryl/α,β-unsaturated/α-hetero) is 1. The van der Waals surface area contributed by atoms with Gasteiger partial charge in [0.1, 0.15) is 12.4 Å². The monoisotopic (exact) mass is 452 g/mol. The summed E-state index contributed by atoms with van der Waals surface area (Å²) in [7, 11) is 1.52. The van der Waals surface area contributed by atoms with Gasteiger partial charge in [0, 0.05) is 13.0 Å². The number of ether oxygens (including phenoxy) is 2. The van der Waals surface area contributed by atoms with E-state index in [4.69, 9.17) is 13.9 Å². The summed E-state index contributed by atoms with van der Waals surface area (Å²) in [4.78, 5) is 30.8. The van der Waals surface area contributed by atoms with E-state index in [0.717, 1.165) is 0 Å². The molecule has 4 rings (SSSR count). The zero-order valence-corrected chi connectivity index (χ0v) is 18.5. The number of benzene rings is 1. The van der Waals surface area contributed by atoms with Crippen LogP contribution < -0.4 is 14.0 Å². The molecule has 0 saturated heterocycles. The molecule has 172 valence electrons. The molecule has 0 fully saturated rings. The molecule has 0 bridgehead atoms. The number of hydrogen-bond donors (Lipinski definition) is 2. The summed E-state index contributed by atoms with van der Waals surface area (Å²) in [5.41, 5.74) is 0.604. The quantitative estimate of drug-likeness (QED) is 0.362. The van der Waals surface area contributed by atoms with Crippen LogP contribution in [0.3, 0.4) is 0 Å². The van der Waals surface area contributed by atoms with Crippen molar-refractivity contribution in [1.82, 2.24) is 9.88 Å². The number of nitrogens with zero attached hydrogens (tertiary/aromatic N) is 2. The molecule has 1 unspecified atom stereocenters. The summed E-state index contributed by atoms with van der Waals surface area (Å²) >= 11 is 0. The lowest BCUT2D eigenvalue weighted by atomic mass is 9.94. The van der Waals surface area contributed by atoms with Gasteiger partial charge in [0.2, 0.25) is 12.1 Å². The molecule has 9 heteroatoms. The number of methoxy groups -OCH3 is 1. The number of aliphatic hydroxyl groups is 1. The van der Waals surface area contributed by atoms with Crippen LogP contribution in [-0.2, 0) is 11.3 Å². The molecule has 33 heavy (non-hydrogen) atoms. The number of rotatable bonds is 10. The minimum atomic E-state index is -0.795. The Kier molecular flexibility index (Phi) is 6.48. The number of aryl methyl sites for hydroxylation is 1. The lowest BCUT2D eigenvalue weighted by Crippen LogP contribution is -2.36. The Morgan fingerprint density at radius 2 is 2.15 bits per heavy atom. The number of ketones is 1. The van der Waals surface area contributed by atoms with Gasteiger partial charge in [-0.2, -0.15) is 0 Å². The zero-order chi connectivity index (χ0) is 23.4. The number of hydrogen-bond acceptors (Lipinski definition) is 6. The van der Waals surface area contributed by atoms with Gasteiger partial charge in [-0.15, -0.1) is 0 Å². The highest BCUT2D eigenvalue weighted by Crippen LogP contribution is 2.41. The standard InChI is InChI=1S/C24H25N3O6/c1-3-32-17-8-7-16(14-19(17)31-2)21-20(22(28)18-6-4-13-33-18)23(29)24(30)27(21)11-5-10-26-12-9-25-15-26/h4,6-9,12-15,21H,3,5,10-11H2,1-2H3,(H,28,29)/p+1. The summed E-state index contributed by atoms with van der Waals surface area (Å²) in [6.07, 6.45) is 7.52. The Hall–Kier alpha value is -4.01. The number of carbonyl (C=O) groups excluding carboxylic acids is 2. The van der Waals surface area contributed by atoms with E-state index in [9.17, 15) is 14.7 Å². The molecule has 3 aromatic rings. The van der Waals surface area contributed by atoms with E-state index in [1.165, 1.54) is 24.3 Å². The second-order valence-electron chi connectivity index (χ2n) is 7.52. The summed E-state index contributed by atoms with van der Waals surface area (Å²) < 4.78 is 18.3. The average Bonchev–Trinajstić information content (AvgIpc) is 3.58. The van der Waals surface area contributed by atoms with Crippen LogP contribution in [0.1, 0.15) is 35.5 Å². The lowest BCUT2D eigenvalue weighted by Gasteiger charge is -2.27. The first-order valence-corrected chi connectivity index (χ1v) is 10.7. The second kappa shape index (κ2) is 9.64. The number of H-pyrrole nitrogens is 1. The topological polar surface area (TPSA) is 109 Å². The molecule has 9 nitrogen and oxygen atoms in total. The van der Waals surface area contributed by atoms with E-state index >= 15 is 0 Å². The molecule has 1 aromatic carbocycles. The molecule has 1 aliphatic heterocycles. The summed E-state index contributed by atoms with van der Waals surface area (Å²) in [5, 5.41) is 10.7. The highest BCUT2D eigenvalue weighted by molar-refractivity contribution is 6.15. The van der Waals surface area contributed by atoms with Crippen LogP contribution in [0.15, 0.2) is 71.1 Å². The molecule has 2 N–H and O–H groups in total. The minimum absolute atomic E-state index is 0.0181. The number of aromatic amines is 1. The third kappa shape index (κ3) is 4.34. The van der Waals surface area contributed by atoms with Crippen molar-refractivity contribution in [3.05, 3.63) is 78.0 Å². The van der Waals surface area contributed by atoms with Crippen LogP contribution in [-0.4, -0.2) is 46.9 Å².